The maximum atomic E-state index is 6.18. The van der Waals surface area contributed by atoms with E-state index < -0.39 is 0 Å². The van der Waals surface area contributed by atoms with Crippen molar-refractivity contribution in [1.29, 1.82) is 0 Å². The molecule has 0 amide bonds. The lowest BCUT2D eigenvalue weighted by Crippen LogP contribution is -1.70. The van der Waals surface area contributed by atoms with Gasteiger partial charge in [0.2, 0.25) is 5.89 Å². The largest absolute Gasteiger partial charge is 0.435 e. The third-order valence-electron chi connectivity index (χ3n) is 4.85. The van der Waals surface area contributed by atoms with Crippen LogP contribution in [0, 0.1) is 0 Å². The predicted molar refractivity (Wildman–Crippen MR) is 121 cm³/mol. The molecule has 0 spiro atoms. The van der Waals surface area contributed by atoms with E-state index in [2.05, 4.69) is 53.9 Å². The fourth-order valence-corrected chi connectivity index (χ4v) is 8.44. The van der Waals surface area contributed by atoms with Crippen molar-refractivity contribution in [2.45, 2.75) is 0 Å². The molecule has 0 unspecified atom stereocenters. The minimum Gasteiger partial charge on any atom is -0.435 e. The highest BCUT2D eigenvalue weighted by Gasteiger charge is 2.17. The Kier molecular flexibility index (Phi) is 2.83. The van der Waals surface area contributed by atoms with Crippen LogP contribution in [0.25, 0.3) is 60.8 Å². The maximum Gasteiger partial charge on any atom is 0.237 e. The van der Waals surface area contributed by atoms with Gasteiger partial charge in [-0.05, 0) is 35.7 Å². The Bertz CT molecular complexity index is 1640. The molecule has 128 valence electrons. The zero-order chi connectivity index (χ0) is 17.5. The number of nitrogens with zero attached hydrogens (tertiary/aromatic N) is 1. The average molecular weight is 420 g/mol. The molecule has 0 bridgehead atoms. The number of benzene rings is 2. The van der Waals surface area contributed by atoms with Crippen LogP contribution in [0.5, 0.6) is 0 Å². The standard InChI is InChI=1S/C21H9NOS4/c1-2-4-14-10(3-1)11-7-13-12(8-16(11)25-14)22-21(23-13)18-9-17-20(27-18)19-15(26-17)5-6-24-19/h1-9H. The summed E-state index contributed by atoms with van der Waals surface area (Å²) < 4.78 is 14.2. The molecule has 5 heterocycles. The van der Waals surface area contributed by atoms with E-state index >= 15 is 0 Å². The molecule has 6 heteroatoms. The average Bonchev–Trinajstić information content (AvgIpc) is 3.44. The molecule has 0 fully saturated rings. The lowest BCUT2D eigenvalue weighted by atomic mass is 10.1. The second kappa shape index (κ2) is 5.17. The van der Waals surface area contributed by atoms with Crippen molar-refractivity contribution in [2.75, 3.05) is 0 Å². The molecule has 7 aromatic rings. The first-order valence-corrected chi connectivity index (χ1v) is 11.8. The van der Waals surface area contributed by atoms with Crippen LogP contribution in [-0.4, -0.2) is 4.98 Å². The quantitative estimate of drug-likeness (QED) is 0.267. The van der Waals surface area contributed by atoms with Crippen molar-refractivity contribution in [1.82, 2.24) is 4.98 Å². The van der Waals surface area contributed by atoms with E-state index in [-0.39, 0.29) is 0 Å². The third kappa shape index (κ3) is 2.01. The SMILES string of the molecule is c1ccc2c(c1)sc1cc3nc(-c4cc5sc6ccsc6c5s4)oc3cc12. The zero-order valence-corrected chi connectivity index (χ0v) is 17.0. The van der Waals surface area contributed by atoms with E-state index in [1.165, 1.54) is 39.0 Å². The molecule has 0 saturated heterocycles. The first-order valence-electron chi connectivity index (χ1n) is 8.45. The second-order valence-electron chi connectivity index (χ2n) is 6.45. The summed E-state index contributed by atoms with van der Waals surface area (Å²) in [4.78, 5) is 5.91. The molecule has 0 aliphatic heterocycles. The van der Waals surface area contributed by atoms with Crippen LogP contribution in [0.1, 0.15) is 0 Å². The van der Waals surface area contributed by atoms with Crippen molar-refractivity contribution in [3.63, 3.8) is 0 Å². The van der Waals surface area contributed by atoms with Crippen molar-refractivity contribution in [3.05, 3.63) is 53.9 Å². The Morgan fingerprint density at radius 1 is 0.741 bits per heavy atom. The van der Waals surface area contributed by atoms with Crippen LogP contribution in [0.4, 0.5) is 0 Å². The second-order valence-corrected chi connectivity index (χ2v) is 10.6. The summed E-state index contributed by atoms with van der Waals surface area (Å²) in [7, 11) is 0. The summed E-state index contributed by atoms with van der Waals surface area (Å²) in [5.41, 5.74) is 1.79. The van der Waals surface area contributed by atoms with Crippen LogP contribution in [0.15, 0.2) is 58.3 Å². The van der Waals surface area contributed by atoms with Crippen molar-refractivity contribution < 1.29 is 4.42 Å². The van der Waals surface area contributed by atoms with Crippen molar-refractivity contribution in [2.24, 2.45) is 0 Å². The van der Waals surface area contributed by atoms with Gasteiger partial charge in [0.05, 0.1) is 14.3 Å². The Balaban J connectivity index is 1.46. The van der Waals surface area contributed by atoms with Crippen LogP contribution in [-0.2, 0) is 0 Å². The molecule has 5 aromatic heterocycles. The topological polar surface area (TPSA) is 26.0 Å². The number of aromatic nitrogens is 1. The Morgan fingerprint density at radius 3 is 2.67 bits per heavy atom. The number of thiophene rings is 4. The highest BCUT2D eigenvalue weighted by molar-refractivity contribution is 7.38. The zero-order valence-electron chi connectivity index (χ0n) is 13.7. The van der Waals surface area contributed by atoms with Gasteiger partial charge in [-0.15, -0.1) is 45.3 Å². The van der Waals surface area contributed by atoms with E-state index in [1.807, 2.05) is 34.0 Å². The fraction of sp³-hybridized carbons (Fsp3) is 0. The lowest BCUT2D eigenvalue weighted by molar-refractivity contribution is 0.622. The molecule has 27 heavy (non-hydrogen) atoms. The van der Waals surface area contributed by atoms with Gasteiger partial charge in [-0.3, -0.25) is 0 Å². The van der Waals surface area contributed by atoms with Gasteiger partial charge in [-0.25, -0.2) is 4.98 Å². The Hall–Kier alpha value is -2.25. The van der Waals surface area contributed by atoms with E-state index in [0.29, 0.717) is 0 Å². The minimum absolute atomic E-state index is 0.727. The summed E-state index contributed by atoms with van der Waals surface area (Å²) in [6, 6.07) is 17.3. The predicted octanol–water partition coefficient (Wildman–Crippen LogP) is 8.35. The summed E-state index contributed by atoms with van der Waals surface area (Å²) >= 11 is 7.26. The highest BCUT2D eigenvalue weighted by Crippen LogP contribution is 2.45. The molecule has 2 nitrogen and oxygen atoms in total. The summed E-state index contributed by atoms with van der Waals surface area (Å²) in [5, 5.41) is 4.70. The van der Waals surface area contributed by atoms with Crippen LogP contribution < -0.4 is 0 Å². The Labute approximate surface area is 168 Å². The number of fused-ring (bicyclic) bond motifs is 7. The molecule has 7 rings (SSSR count). The molecular formula is C21H9NOS4. The molecule has 0 radical (unpaired) electrons. The minimum atomic E-state index is 0.727. The molecular weight excluding hydrogens is 411 g/mol. The smallest absolute Gasteiger partial charge is 0.237 e. The summed E-state index contributed by atoms with van der Waals surface area (Å²) in [6.07, 6.45) is 0. The molecule has 0 atom stereocenters. The lowest BCUT2D eigenvalue weighted by Gasteiger charge is -1.90. The van der Waals surface area contributed by atoms with Gasteiger partial charge in [-0.1, -0.05) is 18.2 Å². The van der Waals surface area contributed by atoms with Gasteiger partial charge in [0, 0.05) is 29.6 Å². The van der Waals surface area contributed by atoms with Gasteiger partial charge in [0.25, 0.3) is 0 Å². The number of hydrogen-bond acceptors (Lipinski definition) is 6. The first-order chi connectivity index (χ1) is 13.3. The van der Waals surface area contributed by atoms with Gasteiger partial charge < -0.3 is 4.42 Å². The highest BCUT2D eigenvalue weighted by atomic mass is 32.1. The van der Waals surface area contributed by atoms with Gasteiger partial charge in [-0.2, -0.15) is 0 Å². The summed E-state index contributed by atoms with van der Waals surface area (Å²) in [5.74, 6) is 0.727. The normalized spacial score (nSPS) is 12.4. The molecule has 0 saturated carbocycles. The fourth-order valence-electron chi connectivity index (χ4n) is 3.63. The van der Waals surface area contributed by atoms with E-state index in [4.69, 9.17) is 9.40 Å². The maximum absolute atomic E-state index is 6.18. The number of oxazole rings is 1. The van der Waals surface area contributed by atoms with Crippen LogP contribution >= 0.6 is 45.3 Å². The van der Waals surface area contributed by atoms with E-state index in [1.54, 1.807) is 11.3 Å². The summed E-state index contributed by atoms with van der Waals surface area (Å²) in [6.45, 7) is 0. The number of rotatable bonds is 1. The molecule has 0 N–H and O–H groups in total. The van der Waals surface area contributed by atoms with Crippen LogP contribution in [0.3, 0.4) is 0 Å². The van der Waals surface area contributed by atoms with E-state index in [0.717, 1.165) is 21.9 Å². The van der Waals surface area contributed by atoms with Crippen molar-refractivity contribution in [3.8, 4) is 10.8 Å². The van der Waals surface area contributed by atoms with Crippen LogP contribution in [0.2, 0.25) is 0 Å². The van der Waals surface area contributed by atoms with E-state index in [9.17, 15) is 0 Å². The van der Waals surface area contributed by atoms with Crippen molar-refractivity contribution >= 4 is 95.4 Å². The third-order valence-corrected chi connectivity index (χ3v) is 9.55. The van der Waals surface area contributed by atoms with Gasteiger partial charge in [0.15, 0.2) is 5.58 Å². The first kappa shape index (κ1) is 14.8. The van der Waals surface area contributed by atoms with Gasteiger partial charge in [0.1, 0.15) is 5.52 Å². The van der Waals surface area contributed by atoms with Gasteiger partial charge >= 0.3 is 0 Å². The molecule has 2 aromatic carbocycles. The molecule has 0 aliphatic rings. The molecule has 0 aliphatic carbocycles. The Morgan fingerprint density at radius 2 is 1.67 bits per heavy atom. The number of hydrogen-bond donors (Lipinski definition) is 0. The monoisotopic (exact) mass is 419 g/mol.